The predicted octanol–water partition coefficient (Wildman–Crippen LogP) is 2.43. The summed E-state index contributed by atoms with van der Waals surface area (Å²) in [5.41, 5.74) is 4.97. The van der Waals surface area contributed by atoms with E-state index >= 15 is 0 Å². The van der Waals surface area contributed by atoms with Gasteiger partial charge in [0, 0.05) is 37.4 Å². The number of aromatic nitrogens is 2. The third kappa shape index (κ3) is 3.93. The van der Waals surface area contributed by atoms with Gasteiger partial charge in [-0.1, -0.05) is 30.3 Å². The van der Waals surface area contributed by atoms with Crippen LogP contribution in [0.4, 0.5) is 0 Å². The van der Waals surface area contributed by atoms with Crippen LogP contribution in [0.15, 0.2) is 30.3 Å². The van der Waals surface area contributed by atoms with Crippen molar-refractivity contribution in [3.63, 3.8) is 0 Å². The molecule has 4 heteroatoms. The lowest BCUT2D eigenvalue weighted by Crippen LogP contribution is -2.31. The van der Waals surface area contributed by atoms with Crippen molar-refractivity contribution < 1.29 is 0 Å². The molecular formula is C17H26N4. The Morgan fingerprint density at radius 3 is 2.38 bits per heavy atom. The van der Waals surface area contributed by atoms with E-state index in [2.05, 4.69) is 73.6 Å². The zero-order valence-corrected chi connectivity index (χ0v) is 13.7. The van der Waals surface area contributed by atoms with Crippen molar-refractivity contribution in [1.82, 2.24) is 20.0 Å². The molecule has 1 aromatic heterocycles. The number of likely N-dealkylation sites (N-methyl/N-ethyl adjacent to an activating group) is 1. The Labute approximate surface area is 127 Å². The molecule has 0 amide bonds. The van der Waals surface area contributed by atoms with Crippen molar-refractivity contribution in [3.8, 4) is 0 Å². The van der Waals surface area contributed by atoms with Gasteiger partial charge in [-0.15, -0.1) is 0 Å². The molecule has 0 saturated carbocycles. The van der Waals surface area contributed by atoms with Crippen LogP contribution in [0.3, 0.4) is 0 Å². The number of rotatable bonds is 6. The van der Waals surface area contributed by atoms with Crippen molar-refractivity contribution in [2.45, 2.75) is 26.4 Å². The van der Waals surface area contributed by atoms with E-state index in [4.69, 9.17) is 0 Å². The second-order valence-electron chi connectivity index (χ2n) is 5.88. The molecule has 4 nitrogen and oxygen atoms in total. The molecule has 114 valence electrons. The number of hydrogen-bond acceptors (Lipinski definition) is 3. The predicted molar refractivity (Wildman–Crippen MR) is 87.3 cm³/mol. The minimum atomic E-state index is 0.320. The van der Waals surface area contributed by atoms with Gasteiger partial charge in [-0.05, 0) is 33.5 Å². The zero-order valence-electron chi connectivity index (χ0n) is 13.7. The zero-order chi connectivity index (χ0) is 15.4. The Kier molecular flexibility index (Phi) is 5.15. The highest BCUT2D eigenvalue weighted by molar-refractivity contribution is 5.25. The Hall–Kier alpha value is -1.65. The first-order chi connectivity index (χ1) is 9.99. The summed E-state index contributed by atoms with van der Waals surface area (Å²) in [5.74, 6) is 0. The normalized spacial score (nSPS) is 12.9. The molecule has 0 radical (unpaired) electrons. The van der Waals surface area contributed by atoms with Crippen LogP contribution < -0.4 is 5.32 Å². The minimum absolute atomic E-state index is 0.320. The van der Waals surface area contributed by atoms with E-state index in [9.17, 15) is 0 Å². The molecule has 0 aliphatic rings. The summed E-state index contributed by atoms with van der Waals surface area (Å²) in [6.45, 7) is 6.02. The standard InChI is InChI=1S/C17H26N4/c1-13-16(14(2)21(5)19-13)11-18-17(12-20(3)4)15-9-7-6-8-10-15/h6-10,17-18H,11-12H2,1-5H3. The van der Waals surface area contributed by atoms with Gasteiger partial charge >= 0.3 is 0 Å². The summed E-state index contributed by atoms with van der Waals surface area (Å²) in [7, 11) is 6.22. The van der Waals surface area contributed by atoms with E-state index in [0.29, 0.717) is 6.04 Å². The number of nitrogens with zero attached hydrogens (tertiary/aromatic N) is 3. The van der Waals surface area contributed by atoms with Crippen molar-refractivity contribution in [2.75, 3.05) is 20.6 Å². The fraction of sp³-hybridized carbons (Fsp3) is 0.471. The first kappa shape index (κ1) is 15.7. The molecule has 0 spiro atoms. The van der Waals surface area contributed by atoms with Crippen molar-refractivity contribution in [2.24, 2.45) is 7.05 Å². The molecule has 2 aromatic rings. The van der Waals surface area contributed by atoms with Crippen LogP contribution in [0.5, 0.6) is 0 Å². The van der Waals surface area contributed by atoms with E-state index in [0.717, 1.165) is 18.8 Å². The monoisotopic (exact) mass is 286 g/mol. The smallest absolute Gasteiger partial charge is 0.0641 e. The molecule has 0 fully saturated rings. The lowest BCUT2D eigenvalue weighted by molar-refractivity contribution is 0.340. The molecule has 0 bridgehead atoms. The quantitative estimate of drug-likeness (QED) is 0.885. The summed E-state index contributed by atoms with van der Waals surface area (Å²) in [5, 5.41) is 8.17. The van der Waals surface area contributed by atoms with E-state index in [1.54, 1.807) is 0 Å². The summed E-state index contributed by atoms with van der Waals surface area (Å²) >= 11 is 0. The van der Waals surface area contributed by atoms with E-state index in [-0.39, 0.29) is 0 Å². The highest BCUT2D eigenvalue weighted by Crippen LogP contribution is 2.17. The highest BCUT2D eigenvalue weighted by atomic mass is 15.3. The van der Waals surface area contributed by atoms with Crippen LogP contribution in [-0.4, -0.2) is 35.3 Å². The van der Waals surface area contributed by atoms with Gasteiger partial charge in [-0.2, -0.15) is 5.10 Å². The second kappa shape index (κ2) is 6.87. The first-order valence-corrected chi connectivity index (χ1v) is 7.41. The van der Waals surface area contributed by atoms with Crippen LogP contribution in [0.2, 0.25) is 0 Å². The fourth-order valence-corrected chi connectivity index (χ4v) is 2.64. The largest absolute Gasteiger partial charge is 0.308 e. The van der Waals surface area contributed by atoms with Gasteiger partial charge in [0.05, 0.1) is 5.69 Å². The maximum atomic E-state index is 4.49. The van der Waals surface area contributed by atoms with Crippen LogP contribution in [-0.2, 0) is 13.6 Å². The van der Waals surface area contributed by atoms with Crippen molar-refractivity contribution in [3.05, 3.63) is 52.8 Å². The van der Waals surface area contributed by atoms with Crippen LogP contribution in [0, 0.1) is 13.8 Å². The average molecular weight is 286 g/mol. The number of nitrogens with one attached hydrogen (secondary N) is 1. The minimum Gasteiger partial charge on any atom is -0.308 e. The maximum Gasteiger partial charge on any atom is 0.0641 e. The van der Waals surface area contributed by atoms with E-state index in [1.807, 2.05) is 11.7 Å². The van der Waals surface area contributed by atoms with Gasteiger partial charge in [0.2, 0.25) is 0 Å². The van der Waals surface area contributed by atoms with Gasteiger partial charge in [0.25, 0.3) is 0 Å². The Bertz CT molecular complexity index is 572. The number of hydrogen-bond donors (Lipinski definition) is 1. The van der Waals surface area contributed by atoms with Crippen LogP contribution in [0.25, 0.3) is 0 Å². The van der Waals surface area contributed by atoms with Crippen LogP contribution in [0.1, 0.15) is 28.6 Å². The third-order valence-corrected chi connectivity index (χ3v) is 3.93. The topological polar surface area (TPSA) is 33.1 Å². The average Bonchev–Trinajstić information content (AvgIpc) is 2.69. The molecule has 2 rings (SSSR count). The molecule has 1 N–H and O–H groups in total. The maximum absolute atomic E-state index is 4.49. The molecule has 21 heavy (non-hydrogen) atoms. The third-order valence-electron chi connectivity index (χ3n) is 3.93. The van der Waals surface area contributed by atoms with Gasteiger partial charge in [-0.3, -0.25) is 4.68 Å². The van der Waals surface area contributed by atoms with Crippen LogP contribution >= 0.6 is 0 Å². The molecule has 1 atom stereocenters. The summed E-state index contributed by atoms with van der Waals surface area (Å²) in [4.78, 5) is 2.22. The number of benzene rings is 1. The molecule has 1 heterocycles. The second-order valence-corrected chi connectivity index (χ2v) is 5.88. The summed E-state index contributed by atoms with van der Waals surface area (Å²) < 4.78 is 1.95. The Morgan fingerprint density at radius 2 is 1.86 bits per heavy atom. The molecule has 0 aliphatic carbocycles. The van der Waals surface area contributed by atoms with Crippen molar-refractivity contribution in [1.29, 1.82) is 0 Å². The molecule has 1 aromatic carbocycles. The van der Waals surface area contributed by atoms with Gasteiger partial charge in [0.15, 0.2) is 0 Å². The lowest BCUT2D eigenvalue weighted by Gasteiger charge is -2.23. The molecule has 0 saturated heterocycles. The fourth-order valence-electron chi connectivity index (χ4n) is 2.64. The number of aryl methyl sites for hydroxylation is 2. The van der Waals surface area contributed by atoms with E-state index in [1.165, 1.54) is 16.8 Å². The van der Waals surface area contributed by atoms with Gasteiger partial charge < -0.3 is 10.2 Å². The lowest BCUT2D eigenvalue weighted by atomic mass is 10.1. The van der Waals surface area contributed by atoms with Gasteiger partial charge in [-0.25, -0.2) is 0 Å². The van der Waals surface area contributed by atoms with Gasteiger partial charge in [0.1, 0.15) is 0 Å². The summed E-state index contributed by atoms with van der Waals surface area (Å²) in [6.07, 6.45) is 0. The Balaban J connectivity index is 2.12. The SMILES string of the molecule is Cc1nn(C)c(C)c1CNC(CN(C)C)c1ccccc1. The Morgan fingerprint density at radius 1 is 1.19 bits per heavy atom. The highest BCUT2D eigenvalue weighted by Gasteiger charge is 2.15. The molecule has 0 aliphatic heterocycles. The molecular weight excluding hydrogens is 260 g/mol. The molecule has 1 unspecified atom stereocenters. The van der Waals surface area contributed by atoms with Crippen molar-refractivity contribution >= 4 is 0 Å². The summed E-state index contributed by atoms with van der Waals surface area (Å²) in [6, 6.07) is 10.9. The first-order valence-electron chi connectivity index (χ1n) is 7.41. The van der Waals surface area contributed by atoms with E-state index < -0.39 is 0 Å².